The van der Waals surface area contributed by atoms with E-state index >= 15 is 4.39 Å². The van der Waals surface area contributed by atoms with Crippen molar-refractivity contribution in [3.05, 3.63) is 59.7 Å². The molecule has 3 rings (SSSR count). The molecule has 1 aliphatic rings. The van der Waals surface area contributed by atoms with Crippen LogP contribution in [0.1, 0.15) is 36.8 Å². The summed E-state index contributed by atoms with van der Waals surface area (Å²) in [6.07, 6.45) is -11.7. The van der Waals surface area contributed by atoms with Gasteiger partial charge in [-0.3, -0.25) is 0 Å². The summed E-state index contributed by atoms with van der Waals surface area (Å²) in [7, 11) is -9.29. The van der Waals surface area contributed by atoms with Crippen LogP contribution in [-0.2, 0) is 32.2 Å². The number of sulfone groups is 1. The van der Waals surface area contributed by atoms with Crippen LogP contribution < -0.4 is 4.72 Å². The summed E-state index contributed by atoms with van der Waals surface area (Å²) in [6.45, 7) is 0. The molecular formula is C20H18F7NO4S2. The number of hydrogen-bond acceptors (Lipinski definition) is 4. The molecule has 0 bridgehead atoms. The second-order valence-electron chi connectivity index (χ2n) is 7.83. The standard InChI is InChI=1S/C20H18F7NO4S2/c21-18(33(29,30)16-5-1-3-13(11-16)19(22,23)24)9-7-15(8-10-18)28-34(31,32)17-6-2-4-14(12-17)20(25,26)27/h1-6,11-12,15,28H,7-10H2/t15-,18+. The third kappa shape index (κ3) is 5.38. The Morgan fingerprint density at radius 2 is 1.21 bits per heavy atom. The molecule has 0 heterocycles. The molecule has 0 spiro atoms. The largest absolute Gasteiger partial charge is 0.416 e. The average molecular weight is 533 g/mol. The number of hydrogen-bond donors (Lipinski definition) is 1. The van der Waals surface area contributed by atoms with Gasteiger partial charge < -0.3 is 0 Å². The molecule has 0 aromatic heterocycles. The van der Waals surface area contributed by atoms with Gasteiger partial charge in [-0.25, -0.2) is 25.9 Å². The van der Waals surface area contributed by atoms with Crippen LogP contribution in [0.5, 0.6) is 0 Å². The van der Waals surface area contributed by atoms with Gasteiger partial charge in [-0.1, -0.05) is 12.1 Å². The Kier molecular flexibility index (Phi) is 6.83. The molecule has 5 nitrogen and oxygen atoms in total. The maximum absolute atomic E-state index is 15.4. The van der Waals surface area contributed by atoms with Crippen LogP contribution in [0.15, 0.2) is 58.3 Å². The second kappa shape index (κ2) is 8.79. The van der Waals surface area contributed by atoms with Crippen molar-refractivity contribution in [2.45, 2.75) is 58.9 Å². The molecule has 2 aromatic carbocycles. The van der Waals surface area contributed by atoms with Gasteiger partial charge in [-0.05, 0) is 62.1 Å². The van der Waals surface area contributed by atoms with Crippen LogP contribution in [0.25, 0.3) is 0 Å². The van der Waals surface area contributed by atoms with Crippen LogP contribution in [-0.4, -0.2) is 27.9 Å². The first-order valence-electron chi connectivity index (χ1n) is 9.76. The van der Waals surface area contributed by atoms with Gasteiger partial charge >= 0.3 is 12.4 Å². The summed E-state index contributed by atoms with van der Waals surface area (Å²) in [5, 5.41) is -2.94. The Bertz CT molecular complexity index is 1260. The number of benzene rings is 2. The van der Waals surface area contributed by atoms with Crippen molar-refractivity contribution in [1.29, 1.82) is 0 Å². The Labute approximate surface area is 190 Å². The summed E-state index contributed by atoms with van der Waals surface area (Å²) in [5.74, 6) is 0. The highest BCUT2D eigenvalue weighted by atomic mass is 32.2. The predicted molar refractivity (Wildman–Crippen MR) is 106 cm³/mol. The van der Waals surface area contributed by atoms with E-state index in [1.54, 1.807) is 0 Å². The Hall–Kier alpha value is -2.19. The van der Waals surface area contributed by atoms with E-state index in [0.717, 1.165) is 24.3 Å². The van der Waals surface area contributed by atoms with Gasteiger partial charge in [-0.15, -0.1) is 0 Å². The normalized spacial score (nSPS) is 22.5. The number of nitrogens with one attached hydrogen (secondary N) is 1. The van der Waals surface area contributed by atoms with Crippen molar-refractivity contribution in [2.24, 2.45) is 0 Å². The molecule has 1 N–H and O–H groups in total. The van der Waals surface area contributed by atoms with Crippen molar-refractivity contribution in [3.8, 4) is 0 Å². The van der Waals surface area contributed by atoms with E-state index in [4.69, 9.17) is 0 Å². The minimum absolute atomic E-state index is 0.332. The first kappa shape index (κ1) is 26.4. The first-order valence-corrected chi connectivity index (χ1v) is 12.7. The zero-order valence-electron chi connectivity index (χ0n) is 17.1. The summed E-state index contributed by atoms with van der Waals surface area (Å²) in [5.41, 5.74) is -2.45. The van der Waals surface area contributed by atoms with Crippen LogP contribution in [0.4, 0.5) is 30.7 Å². The van der Waals surface area contributed by atoms with E-state index in [9.17, 15) is 43.2 Å². The fourth-order valence-corrected chi connectivity index (χ4v) is 6.70. The zero-order chi connectivity index (χ0) is 25.6. The SMILES string of the molecule is O=S(=O)(N[C@H]1CC[C@@](F)(S(=O)(=O)c2cccc(C(F)(F)F)c2)CC1)c1cccc(C(F)(F)F)c1. The topological polar surface area (TPSA) is 80.3 Å². The molecule has 2 aromatic rings. The minimum atomic E-state index is -4.85. The third-order valence-corrected chi connectivity index (χ3v) is 9.24. The first-order chi connectivity index (χ1) is 15.5. The zero-order valence-corrected chi connectivity index (χ0v) is 18.8. The van der Waals surface area contributed by atoms with E-state index in [1.165, 1.54) is 0 Å². The Balaban J connectivity index is 1.76. The highest BCUT2D eigenvalue weighted by Crippen LogP contribution is 2.42. The van der Waals surface area contributed by atoms with Gasteiger partial charge in [-0.2, -0.15) is 26.3 Å². The number of halogens is 7. The lowest BCUT2D eigenvalue weighted by Gasteiger charge is -2.33. The highest BCUT2D eigenvalue weighted by molar-refractivity contribution is 7.92. The lowest BCUT2D eigenvalue weighted by Crippen LogP contribution is -2.45. The van der Waals surface area contributed by atoms with Gasteiger partial charge in [0.25, 0.3) is 0 Å². The molecule has 0 amide bonds. The maximum Gasteiger partial charge on any atom is 0.416 e. The van der Waals surface area contributed by atoms with Crippen molar-refractivity contribution < 1.29 is 47.6 Å². The van der Waals surface area contributed by atoms with Gasteiger partial charge in [0.05, 0.1) is 20.9 Å². The second-order valence-corrected chi connectivity index (χ2v) is 11.8. The van der Waals surface area contributed by atoms with Crippen molar-refractivity contribution >= 4 is 19.9 Å². The molecule has 0 aliphatic heterocycles. The van der Waals surface area contributed by atoms with Gasteiger partial charge in [0.15, 0.2) is 0 Å². The number of alkyl halides is 7. The molecule has 14 heteroatoms. The molecular weight excluding hydrogens is 515 g/mol. The Morgan fingerprint density at radius 1 is 0.765 bits per heavy atom. The van der Waals surface area contributed by atoms with Crippen molar-refractivity contribution in [1.82, 2.24) is 4.72 Å². The van der Waals surface area contributed by atoms with Gasteiger partial charge in [0.2, 0.25) is 24.9 Å². The monoisotopic (exact) mass is 533 g/mol. The van der Waals surface area contributed by atoms with Crippen molar-refractivity contribution in [3.63, 3.8) is 0 Å². The minimum Gasteiger partial charge on any atom is -0.226 e. The quantitative estimate of drug-likeness (QED) is 0.544. The molecule has 0 unspecified atom stereocenters. The Morgan fingerprint density at radius 3 is 1.68 bits per heavy atom. The van der Waals surface area contributed by atoms with Crippen LogP contribution in [0.3, 0.4) is 0 Å². The molecule has 1 aliphatic carbocycles. The predicted octanol–water partition coefficient (Wildman–Crippen LogP) is 5.08. The van der Waals surface area contributed by atoms with E-state index in [0.29, 0.717) is 24.3 Å². The maximum atomic E-state index is 15.4. The van der Waals surface area contributed by atoms with Crippen LogP contribution >= 0.6 is 0 Å². The average Bonchev–Trinajstić information content (AvgIpc) is 2.74. The molecule has 0 saturated heterocycles. The lowest BCUT2D eigenvalue weighted by molar-refractivity contribution is -0.138. The molecule has 1 fully saturated rings. The lowest BCUT2D eigenvalue weighted by atomic mass is 9.94. The fraction of sp³-hybridized carbons (Fsp3) is 0.400. The van der Waals surface area contributed by atoms with E-state index in [-0.39, 0.29) is 12.8 Å². The molecule has 1 saturated carbocycles. The third-order valence-electron chi connectivity index (χ3n) is 5.48. The van der Waals surface area contributed by atoms with E-state index in [2.05, 4.69) is 4.72 Å². The summed E-state index contributed by atoms with van der Waals surface area (Å²) < 4.78 is 145. The van der Waals surface area contributed by atoms with Crippen molar-refractivity contribution in [2.75, 3.05) is 0 Å². The summed E-state index contributed by atoms with van der Waals surface area (Å²) in [4.78, 5) is -1.52. The summed E-state index contributed by atoms with van der Waals surface area (Å²) >= 11 is 0. The van der Waals surface area contributed by atoms with Crippen LogP contribution in [0.2, 0.25) is 0 Å². The molecule has 0 radical (unpaired) electrons. The van der Waals surface area contributed by atoms with Gasteiger partial charge in [0.1, 0.15) is 0 Å². The molecule has 34 heavy (non-hydrogen) atoms. The van der Waals surface area contributed by atoms with Crippen LogP contribution in [0, 0.1) is 0 Å². The van der Waals surface area contributed by atoms with Gasteiger partial charge in [0, 0.05) is 6.04 Å². The molecule has 188 valence electrons. The fourth-order valence-electron chi connectivity index (χ4n) is 3.61. The highest BCUT2D eigenvalue weighted by Gasteiger charge is 2.48. The smallest absolute Gasteiger partial charge is 0.226 e. The van der Waals surface area contributed by atoms with E-state index in [1.807, 2.05) is 0 Å². The molecule has 0 atom stereocenters. The summed E-state index contributed by atoms with van der Waals surface area (Å²) in [6, 6.07) is 4.65. The van der Waals surface area contributed by atoms with E-state index < -0.39 is 77.0 Å². The number of sulfonamides is 1. The number of rotatable bonds is 5.